The van der Waals surface area contributed by atoms with Crippen molar-refractivity contribution in [3.63, 3.8) is 0 Å². The topological polar surface area (TPSA) is 36.7 Å². The molecule has 0 aliphatic carbocycles. The molecule has 118 valence electrons. The van der Waals surface area contributed by atoms with Crippen LogP contribution in [0.5, 0.6) is 0 Å². The summed E-state index contributed by atoms with van der Waals surface area (Å²) in [5, 5.41) is 11.7. The van der Waals surface area contributed by atoms with Crippen LogP contribution >= 0.6 is 46.4 Å². The van der Waals surface area contributed by atoms with Crippen LogP contribution in [0.25, 0.3) is 22.3 Å². The molecule has 1 aromatic heterocycles. The number of benzene rings is 2. The minimum absolute atomic E-state index is 0.401. The van der Waals surface area contributed by atoms with E-state index in [1.54, 1.807) is 48.8 Å². The zero-order chi connectivity index (χ0) is 17.3. The predicted octanol–water partition coefficient (Wildman–Crippen LogP) is 6.90. The molecule has 0 aliphatic heterocycles. The number of pyridine rings is 1. The van der Waals surface area contributed by atoms with Gasteiger partial charge in [0, 0.05) is 54.7 Å². The monoisotopic (exact) mass is 392 g/mol. The lowest BCUT2D eigenvalue weighted by Gasteiger charge is -2.12. The van der Waals surface area contributed by atoms with E-state index >= 15 is 0 Å². The highest BCUT2D eigenvalue weighted by Crippen LogP contribution is 2.38. The van der Waals surface area contributed by atoms with Crippen LogP contribution < -0.4 is 0 Å². The Morgan fingerprint density at radius 2 is 1.17 bits per heavy atom. The van der Waals surface area contributed by atoms with E-state index < -0.39 is 0 Å². The van der Waals surface area contributed by atoms with Crippen LogP contribution in [-0.2, 0) is 0 Å². The van der Waals surface area contributed by atoms with Crippen molar-refractivity contribution in [1.29, 1.82) is 5.26 Å². The lowest BCUT2D eigenvalue weighted by atomic mass is 9.95. The van der Waals surface area contributed by atoms with Gasteiger partial charge in [0.05, 0.1) is 5.56 Å². The van der Waals surface area contributed by atoms with Crippen molar-refractivity contribution in [2.75, 3.05) is 0 Å². The van der Waals surface area contributed by atoms with Crippen molar-refractivity contribution >= 4 is 46.4 Å². The standard InChI is InChI=1S/C18H8Cl4N2/c19-10-1-3-17(21)12(5-10)15-8-24-9-16(14(15)7-23)13-6-11(20)2-4-18(13)22/h1-6,8-9H. The van der Waals surface area contributed by atoms with Crippen molar-refractivity contribution in [2.45, 2.75) is 0 Å². The summed E-state index contributed by atoms with van der Waals surface area (Å²) in [4.78, 5) is 4.23. The average molecular weight is 394 g/mol. The number of nitriles is 1. The summed E-state index contributed by atoms with van der Waals surface area (Å²) < 4.78 is 0. The van der Waals surface area contributed by atoms with Crippen LogP contribution in [0.4, 0.5) is 0 Å². The Kier molecular flexibility index (Phi) is 4.99. The fourth-order valence-corrected chi connectivity index (χ4v) is 3.18. The maximum atomic E-state index is 9.71. The maximum absolute atomic E-state index is 9.71. The normalized spacial score (nSPS) is 10.5. The highest BCUT2D eigenvalue weighted by molar-refractivity contribution is 6.36. The molecule has 0 bridgehead atoms. The van der Waals surface area contributed by atoms with Crippen LogP contribution in [0, 0.1) is 11.3 Å². The number of aromatic nitrogens is 1. The number of rotatable bonds is 2. The molecule has 0 spiro atoms. The zero-order valence-corrected chi connectivity index (χ0v) is 15.0. The van der Waals surface area contributed by atoms with Gasteiger partial charge in [0.25, 0.3) is 0 Å². The van der Waals surface area contributed by atoms with Crippen LogP contribution in [0.2, 0.25) is 20.1 Å². The lowest BCUT2D eigenvalue weighted by molar-refractivity contribution is 1.31. The molecule has 0 saturated heterocycles. The number of nitrogens with zero attached hydrogens (tertiary/aromatic N) is 2. The van der Waals surface area contributed by atoms with Crippen LogP contribution in [-0.4, -0.2) is 4.98 Å². The van der Waals surface area contributed by atoms with Gasteiger partial charge in [0.15, 0.2) is 0 Å². The molecule has 0 fully saturated rings. The van der Waals surface area contributed by atoms with Gasteiger partial charge < -0.3 is 0 Å². The van der Waals surface area contributed by atoms with Gasteiger partial charge in [-0.3, -0.25) is 4.98 Å². The van der Waals surface area contributed by atoms with Gasteiger partial charge in [0.1, 0.15) is 6.07 Å². The lowest BCUT2D eigenvalue weighted by Crippen LogP contribution is -1.93. The Hall–Kier alpha value is -1.76. The summed E-state index contributed by atoms with van der Waals surface area (Å²) >= 11 is 24.7. The highest BCUT2D eigenvalue weighted by Gasteiger charge is 2.17. The Morgan fingerprint density at radius 1 is 0.708 bits per heavy atom. The second kappa shape index (κ2) is 7.01. The van der Waals surface area contributed by atoms with Gasteiger partial charge in [-0.1, -0.05) is 46.4 Å². The van der Waals surface area contributed by atoms with E-state index in [9.17, 15) is 5.26 Å². The molecule has 1 heterocycles. The summed E-state index contributed by atoms with van der Waals surface area (Å²) in [6.45, 7) is 0. The molecule has 0 amide bonds. The van der Waals surface area contributed by atoms with E-state index in [0.717, 1.165) is 0 Å². The summed E-state index contributed by atoms with van der Waals surface area (Å²) in [6.07, 6.45) is 3.16. The molecule has 0 aliphatic rings. The minimum atomic E-state index is 0.401. The minimum Gasteiger partial charge on any atom is -0.263 e. The first-order valence-electron chi connectivity index (χ1n) is 6.80. The molecule has 0 unspecified atom stereocenters. The number of hydrogen-bond acceptors (Lipinski definition) is 2. The first kappa shape index (κ1) is 17.1. The van der Waals surface area contributed by atoms with Gasteiger partial charge in [-0.05, 0) is 36.4 Å². The van der Waals surface area contributed by atoms with Gasteiger partial charge >= 0.3 is 0 Å². The third-order valence-electron chi connectivity index (χ3n) is 3.49. The fourth-order valence-electron chi connectivity index (χ4n) is 2.40. The van der Waals surface area contributed by atoms with Crippen LogP contribution in [0.3, 0.4) is 0 Å². The summed E-state index contributed by atoms with van der Waals surface area (Å²) in [6, 6.07) is 12.3. The van der Waals surface area contributed by atoms with E-state index in [1.807, 2.05) is 0 Å². The summed E-state index contributed by atoms with van der Waals surface area (Å²) in [5.74, 6) is 0. The van der Waals surface area contributed by atoms with Crippen molar-refractivity contribution in [1.82, 2.24) is 4.98 Å². The Balaban J connectivity index is 2.30. The second-order valence-electron chi connectivity index (χ2n) is 4.97. The molecule has 0 atom stereocenters. The van der Waals surface area contributed by atoms with E-state index in [-0.39, 0.29) is 0 Å². The van der Waals surface area contributed by atoms with Gasteiger partial charge in [-0.15, -0.1) is 0 Å². The SMILES string of the molecule is N#Cc1c(-c2cc(Cl)ccc2Cl)cncc1-c1cc(Cl)ccc1Cl. The Labute approximate surface area is 159 Å². The first-order chi connectivity index (χ1) is 11.5. The molecular formula is C18H8Cl4N2. The first-order valence-corrected chi connectivity index (χ1v) is 8.31. The number of halogens is 4. The van der Waals surface area contributed by atoms with Crippen molar-refractivity contribution < 1.29 is 0 Å². The Morgan fingerprint density at radius 3 is 1.58 bits per heavy atom. The fraction of sp³-hybridized carbons (Fsp3) is 0. The van der Waals surface area contributed by atoms with Crippen LogP contribution in [0.15, 0.2) is 48.8 Å². The Bertz CT molecular complexity index is 907. The van der Waals surface area contributed by atoms with Gasteiger partial charge in [0.2, 0.25) is 0 Å². The van der Waals surface area contributed by atoms with Gasteiger partial charge in [-0.25, -0.2) is 0 Å². The number of hydrogen-bond donors (Lipinski definition) is 0. The largest absolute Gasteiger partial charge is 0.263 e. The molecule has 2 aromatic carbocycles. The van der Waals surface area contributed by atoms with E-state index in [4.69, 9.17) is 46.4 Å². The molecular weight excluding hydrogens is 386 g/mol. The average Bonchev–Trinajstić information content (AvgIpc) is 2.58. The molecule has 0 radical (unpaired) electrons. The smallest absolute Gasteiger partial charge is 0.101 e. The maximum Gasteiger partial charge on any atom is 0.101 e. The van der Waals surface area contributed by atoms with Crippen molar-refractivity contribution in [2.24, 2.45) is 0 Å². The zero-order valence-electron chi connectivity index (χ0n) is 12.0. The summed E-state index contributed by atoms with van der Waals surface area (Å²) in [5.41, 5.74) is 2.83. The molecule has 24 heavy (non-hydrogen) atoms. The van der Waals surface area contributed by atoms with Crippen molar-refractivity contribution in [3.05, 3.63) is 74.4 Å². The van der Waals surface area contributed by atoms with E-state index in [1.165, 1.54) is 0 Å². The quantitative estimate of drug-likeness (QED) is 0.474. The van der Waals surface area contributed by atoms with Crippen molar-refractivity contribution in [3.8, 4) is 28.3 Å². The molecule has 0 N–H and O–H groups in total. The molecule has 2 nitrogen and oxygen atoms in total. The van der Waals surface area contributed by atoms with E-state index in [0.29, 0.717) is 47.9 Å². The highest BCUT2D eigenvalue weighted by atomic mass is 35.5. The molecule has 3 aromatic rings. The summed E-state index contributed by atoms with van der Waals surface area (Å²) in [7, 11) is 0. The molecule has 0 saturated carbocycles. The predicted molar refractivity (Wildman–Crippen MR) is 99.9 cm³/mol. The van der Waals surface area contributed by atoms with Crippen LogP contribution in [0.1, 0.15) is 5.56 Å². The second-order valence-corrected chi connectivity index (χ2v) is 6.66. The molecule has 3 rings (SSSR count). The molecule has 6 heteroatoms. The van der Waals surface area contributed by atoms with E-state index in [2.05, 4.69) is 11.1 Å². The third kappa shape index (κ3) is 3.22. The third-order valence-corrected chi connectivity index (χ3v) is 4.62. The van der Waals surface area contributed by atoms with Gasteiger partial charge in [-0.2, -0.15) is 5.26 Å².